The fourth-order valence-electron chi connectivity index (χ4n) is 1.49. The van der Waals surface area contributed by atoms with Crippen molar-refractivity contribution in [3.63, 3.8) is 0 Å². The number of rotatable bonds is 7. The van der Waals surface area contributed by atoms with Gasteiger partial charge in [-0.3, -0.25) is 4.79 Å². The van der Waals surface area contributed by atoms with E-state index in [1.807, 2.05) is 13.8 Å². The van der Waals surface area contributed by atoms with Crippen molar-refractivity contribution in [1.29, 1.82) is 0 Å². The molecule has 1 N–H and O–H groups in total. The third kappa shape index (κ3) is 4.14. The second-order valence-corrected chi connectivity index (χ2v) is 3.29. The van der Waals surface area contributed by atoms with Gasteiger partial charge in [0.2, 0.25) is 0 Å². The lowest BCUT2D eigenvalue weighted by atomic mass is 9.92. The maximum Gasteiger partial charge on any atom is 0.306 e. The Kier molecular flexibility index (Phi) is 6.58. The Labute approximate surface area is 83.7 Å². The summed E-state index contributed by atoms with van der Waals surface area (Å²) in [6, 6.07) is -0.401. The van der Waals surface area contributed by atoms with Crippen LogP contribution in [-0.2, 0) is 4.79 Å². The third-order valence-corrected chi connectivity index (χ3v) is 2.17. The molecule has 0 amide bonds. The van der Waals surface area contributed by atoms with E-state index in [1.165, 1.54) is 0 Å². The van der Waals surface area contributed by atoms with Gasteiger partial charge < -0.3 is 5.11 Å². The van der Waals surface area contributed by atoms with Gasteiger partial charge in [0, 0.05) is 4.91 Å². The van der Waals surface area contributed by atoms with Gasteiger partial charge >= 0.3 is 5.97 Å². The predicted octanol–water partition coefficient (Wildman–Crippen LogP) is 2.97. The molecule has 0 spiro atoms. The molecule has 0 aromatic heterocycles. The van der Waals surface area contributed by atoms with Gasteiger partial charge in [-0.2, -0.15) is 0 Å². The summed E-state index contributed by atoms with van der Waals surface area (Å²) < 4.78 is 0. The van der Waals surface area contributed by atoms with Crippen molar-refractivity contribution in [3.05, 3.63) is 10.4 Å². The Morgan fingerprint density at radius 1 is 1.43 bits per heavy atom. The van der Waals surface area contributed by atoms with E-state index >= 15 is 0 Å². The van der Waals surface area contributed by atoms with Crippen LogP contribution in [0.5, 0.6) is 0 Å². The maximum atomic E-state index is 10.9. The average molecular weight is 199 g/mol. The molecule has 0 fully saturated rings. The van der Waals surface area contributed by atoms with Crippen LogP contribution in [0.3, 0.4) is 0 Å². The lowest BCUT2D eigenvalue weighted by Crippen LogP contribution is -2.26. The zero-order valence-corrected chi connectivity index (χ0v) is 8.68. The fourth-order valence-corrected chi connectivity index (χ4v) is 1.49. The van der Waals surface area contributed by atoms with Crippen molar-refractivity contribution < 1.29 is 9.90 Å². The van der Waals surface area contributed by atoms with E-state index < -0.39 is 17.9 Å². The van der Waals surface area contributed by atoms with Gasteiger partial charge in [0.15, 0.2) is 0 Å². The van der Waals surface area contributed by atoms with Crippen LogP contribution in [0.15, 0.2) is 5.11 Å². The molecule has 0 bridgehead atoms. The Bertz CT molecular complexity index is 214. The summed E-state index contributed by atoms with van der Waals surface area (Å²) in [6.07, 6.45) is 2.83. The lowest BCUT2D eigenvalue weighted by molar-refractivity contribution is -0.142. The van der Waals surface area contributed by atoms with Crippen molar-refractivity contribution in [2.75, 3.05) is 0 Å². The molecular weight excluding hydrogens is 182 g/mol. The zero-order chi connectivity index (χ0) is 11.0. The summed E-state index contributed by atoms with van der Waals surface area (Å²) in [4.78, 5) is 13.6. The summed E-state index contributed by atoms with van der Waals surface area (Å²) in [5.41, 5.74) is 8.33. The number of azide groups is 1. The molecule has 0 heterocycles. The highest BCUT2D eigenvalue weighted by Crippen LogP contribution is 2.19. The minimum atomic E-state index is -0.863. The molecule has 0 aliphatic heterocycles. The van der Waals surface area contributed by atoms with E-state index in [4.69, 9.17) is 10.6 Å². The average Bonchev–Trinajstić information content (AvgIpc) is 2.13. The van der Waals surface area contributed by atoms with Crippen LogP contribution < -0.4 is 0 Å². The van der Waals surface area contributed by atoms with E-state index in [9.17, 15) is 4.79 Å². The molecule has 0 saturated carbocycles. The highest BCUT2D eigenvalue weighted by Gasteiger charge is 2.25. The number of carboxylic acid groups (broad SMARTS) is 1. The second-order valence-electron chi connectivity index (χ2n) is 3.29. The number of nitrogens with zero attached hydrogens (tertiary/aromatic N) is 3. The molecule has 5 heteroatoms. The molecule has 5 nitrogen and oxygen atoms in total. The standard InChI is InChI=1S/C9H17N3O2/c1-3-5-7(9(13)14)8(6-4-2)11-12-10/h7-8H,3-6H2,1-2H3,(H,13,14)/t7-,8+/m0/s1. The molecule has 0 saturated heterocycles. The van der Waals surface area contributed by atoms with Crippen molar-refractivity contribution >= 4 is 5.97 Å². The SMILES string of the molecule is CCC[C@H](C(=O)O)[C@@H](CCC)N=[N+]=[N-]. The summed E-state index contributed by atoms with van der Waals surface area (Å²) in [6.45, 7) is 3.87. The van der Waals surface area contributed by atoms with Gasteiger partial charge in [0.1, 0.15) is 0 Å². The van der Waals surface area contributed by atoms with E-state index in [1.54, 1.807) is 0 Å². The van der Waals surface area contributed by atoms with Crippen LogP contribution in [0.25, 0.3) is 10.4 Å². The first kappa shape index (κ1) is 12.8. The smallest absolute Gasteiger partial charge is 0.306 e. The molecule has 14 heavy (non-hydrogen) atoms. The van der Waals surface area contributed by atoms with Gasteiger partial charge in [-0.25, -0.2) is 0 Å². The summed E-state index contributed by atoms with van der Waals surface area (Å²) >= 11 is 0. The second kappa shape index (κ2) is 7.21. The topological polar surface area (TPSA) is 86.1 Å². The predicted molar refractivity (Wildman–Crippen MR) is 53.9 cm³/mol. The Morgan fingerprint density at radius 3 is 2.36 bits per heavy atom. The van der Waals surface area contributed by atoms with Crippen LogP contribution in [-0.4, -0.2) is 17.1 Å². The van der Waals surface area contributed by atoms with Crippen LogP contribution in [0, 0.1) is 5.92 Å². The Balaban J connectivity index is 4.53. The zero-order valence-electron chi connectivity index (χ0n) is 8.68. The first-order valence-electron chi connectivity index (χ1n) is 4.94. The van der Waals surface area contributed by atoms with Crippen LogP contribution in [0.1, 0.15) is 39.5 Å². The van der Waals surface area contributed by atoms with Crippen LogP contribution in [0.2, 0.25) is 0 Å². The van der Waals surface area contributed by atoms with Gasteiger partial charge in [-0.05, 0) is 18.4 Å². The normalized spacial score (nSPS) is 14.1. The van der Waals surface area contributed by atoms with E-state index in [0.717, 1.165) is 12.8 Å². The molecule has 80 valence electrons. The molecule has 0 aromatic rings. The molecule has 0 radical (unpaired) electrons. The number of carbonyl (C=O) groups is 1. The fraction of sp³-hybridized carbons (Fsp3) is 0.889. The molecular formula is C9H17N3O2. The van der Waals surface area contributed by atoms with Crippen molar-refractivity contribution in [1.82, 2.24) is 0 Å². The first-order chi connectivity index (χ1) is 6.67. The van der Waals surface area contributed by atoms with E-state index in [2.05, 4.69) is 10.0 Å². The maximum absolute atomic E-state index is 10.9. The highest BCUT2D eigenvalue weighted by atomic mass is 16.4. The largest absolute Gasteiger partial charge is 0.481 e. The number of hydrogen-bond donors (Lipinski definition) is 1. The molecule has 0 aliphatic rings. The molecule has 0 aromatic carbocycles. The van der Waals surface area contributed by atoms with Gasteiger partial charge in [0.05, 0.1) is 12.0 Å². The summed E-state index contributed by atoms with van der Waals surface area (Å²) in [7, 11) is 0. The van der Waals surface area contributed by atoms with Crippen molar-refractivity contribution in [3.8, 4) is 0 Å². The monoisotopic (exact) mass is 199 g/mol. The number of aliphatic carboxylic acids is 1. The van der Waals surface area contributed by atoms with E-state index in [-0.39, 0.29) is 0 Å². The lowest BCUT2D eigenvalue weighted by Gasteiger charge is -2.18. The van der Waals surface area contributed by atoms with Gasteiger partial charge in [-0.1, -0.05) is 31.8 Å². The Hall–Kier alpha value is -1.22. The highest BCUT2D eigenvalue weighted by molar-refractivity contribution is 5.70. The minimum Gasteiger partial charge on any atom is -0.481 e. The number of carboxylic acids is 1. The quantitative estimate of drug-likeness (QED) is 0.388. The van der Waals surface area contributed by atoms with Crippen LogP contribution in [0.4, 0.5) is 0 Å². The summed E-state index contributed by atoms with van der Waals surface area (Å²) in [5.74, 6) is -1.39. The molecule has 0 unspecified atom stereocenters. The summed E-state index contributed by atoms with van der Waals surface area (Å²) in [5, 5.41) is 12.5. The Morgan fingerprint density at radius 2 is 2.00 bits per heavy atom. The third-order valence-electron chi connectivity index (χ3n) is 2.17. The van der Waals surface area contributed by atoms with Crippen LogP contribution >= 0.6 is 0 Å². The van der Waals surface area contributed by atoms with Gasteiger partial charge in [-0.15, -0.1) is 0 Å². The molecule has 2 atom stereocenters. The van der Waals surface area contributed by atoms with Gasteiger partial charge in [0.25, 0.3) is 0 Å². The first-order valence-corrected chi connectivity index (χ1v) is 4.94. The molecule has 0 rings (SSSR count). The van der Waals surface area contributed by atoms with Crippen molar-refractivity contribution in [2.45, 2.75) is 45.6 Å². The minimum absolute atomic E-state index is 0.401. The number of hydrogen-bond acceptors (Lipinski definition) is 2. The van der Waals surface area contributed by atoms with E-state index in [0.29, 0.717) is 12.8 Å². The molecule has 0 aliphatic carbocycles. The van der Waals surface area contributed by atoms with Crippen molar-refractivity contribution in [2.24, 2.45) is 11.0 Å².